The van der Waals surface area contributed by atoms with E-state index >= 15 is 0 Å². The smallest absolute Gasteiger partial charge is 0.291 e. The number of benzene rings is 2. The maximum absolute atomic E-state index is 13.5. The fourth-order valence-corrected chi connectivity index (χ4v) is 5.66. The zero-order valence-electron chi connectivity index (χ0n) is 17.0. The highest BCUT2D eigenvalue weighted by molar-refractivity contribution is 7.98. The van der Waals surface area contributed by atoms with Crippen LogP contribution in [-0.4, -0.2) is 30.6 Å². The number of carbonyl (C=O) groups is 1. The molecular formula is C23H21NO5S2. The Balaban J connectivity index is 1.85. The summed E-state index contributed by atoms with van der Waals surface area (Å²) >= 11 is 1.56. The first-order valence-corrected chi connectivity index (χ1v) is 12.3. The number of furan rings is 1. The monoisotopic (exact) mass is 455 g/mol. The van der Waals surface area contributed by atoms with Crippen molar-refractivity contribution < 1.29 is 22.7 Å². The zero-order valence-corrected chi connectivity index (χ0v) is 18.6. The SMILES string of the molecule is CSc1ccc([C@@H]2C(S(=O)(=O)c3ccc(C)cc3)=C(O)C(=O)N2Cc2ccco2)cc1. The summed E-state index contributed by atoms with van der Waals surface area (Å²) in [7, 11) is -4.13. The molecule has 0 unspecified atom stereocenters. The van der Waals surface area contributed by atoms with E-state index in [1.54, 1.807) is 48.2 Å². The second-order valence-corrected chi connectivity index (χ2v) is 10.0. The Morgan fingerprint density at radius 3 is 2.32 bits per heavy atom. The summed E-state index contributed by atoms with van der Waals surface area (Å²) in [5.41, 5.74) is 1.50. The van der Waals surface area contributed by atoms with E-state index in [1.807, 2.05) is 25.3 Å². The van der Waals surface area contributed by atoms with E-state index in [0.29, 0.717) is 11.3 Å². The minimum Gasteiger partial charge on any atom is -0.502 e. The second-order valence-electron chi connectivity index (χ2n) is 7.22. The van der Waals surface area contributed by atoms with Crippen LogP contribution in [0.2, 0.25) is 0 Å². The molecule has 1 aromatic heterocycles. The third kappa shape index (κ3) is 3.88. The van der Waals surface area contributed by atoms with E-state index in [-0.39, 0.29) is 16.3 Å². The lowest BCUT2D eigenvalue weighted by Gasteiger charge is -2.26. The summed E-state index contributed by atoms with van der Waals surface area (Å²) in [6.45, 7) is 1.88. The van der Waals surface area contributed by atoms with Gasteiger partial charge in [0.2, 0.25) is 9.84 Å². The first kappa shape index (κ1) is 21.3. The van der Waals surface area contributed by atoms with Crippen LogP contribution in [0.5, 0.6) is 0 Å². The minimum absolute atomic E-state index is 0.0256. The van der Waals surface area contributed by atoms with E-state index in [2.05, 4.69) is 0 Å². The van der Waals surface area contributed by atoms with Crippen LogP contribution >= 0.6 is 11.8 Å². The highest BCUT2D eigenvalue weighted by Crippen LogP contribution is 2.43. The number of hydrogen-bond acceptors (Lipinski definition) is 6. The highest BCUT2D eigenvalue weighted by atomic mass is 32.2. The third-order valence-electron chi connectivity index (χ3n) is 5.22. The number of amides is 1. The third-order valence-corrected chi connectivity index (χ3v) is 7.85. The van der Waals surface area contributed by atoms with Crippen molar-refractivity contribution in [2.24, 2.45) is 0 Å². The van der Waals surface area contributed by atoms with Crippen LogP contribution in [0.4, 0.5) is 0 Å². The van der Waals surface area contributed by atoms with Crippen LogP contribution in [-0.2, 0) is 21.2 Å². The second kappa shape index (κ2) is 8.28. The number of hydrogen-bond donors (Lipinski definition) is 1. The summed E-state index contributed by atoms with van der Waals surface area (Å²) in [5, 5.41) is 10.7. The van der Waals surface area contributed by atoms with Crippen LogP contribution in [0.25, 0.3) is 0 Å². The fraction of sp³-hybridized carbons (Fsp3) is 0.174. The largest absolute Gasteiger partial charge is 0.502 e. The number of sulfone groups is 1. The molecule has 0 aliphatic carbocycles. The summed E-state index contributed by atoms with van der Waals surface area (Å²) in [6, 6.07) is 16.0. The lowest BCUT2D eigenvalue weighted by Crippen LogP contribution is -2.30. The van der Waals surface area contributed by atoms with Crippen LogP contribution in [0.3, 0.4) is 0 Å². The van der Waals surface area contributed by atoms with Gasteiger partial charge in [-0.2, -0.15) is 0 Å². The fourth-order valence-electron chi connectivity index (χ4n) is 3.60. The molecule has 31 heavy (non-hydrogen) atoms. The van der Waals surface area contributed by atoms with Crippen molar-refractivity contribution in [3.63, 3.8) is 0 Å². The molecule has 6 nitrogen and oxygen atoms in total. The van der Waals surface area contributed by atoms with Crippen LogP contribution in [0.15, 0.2) is 91.8 Å². The molecule has 0 spiro atoms. The van der Waals surface area contributed by atoms with Crippen molar-refractivity contribution in [1.29, 1.82) is 0 Å². The predicted octanol–water partition coefficient (Wildman–Crippen LogP) is 4.64. The average molecular weight is 456 g/mol. The van der Waals surface area contributed by atoms with E-state index < -0.39 is 27.5 Å². The number of carbonyl (C=O) groups excluding carboxylic acids is 1. The molecule has 8 heteroatoms. The van der Waals surface area contributed by atoms with Gasteiger partial charge in [-0.15, -0.1) is 11.8 Å². The Labute approximate surface area is 185 Å². The lowest BCUT2D eigenvalue weighted by atomic mass is 10.1. The molecule has 2 aromatic carbocycles. The van der Waals surface area contributed by atoms with E-state index in [0.717, 1.165) is 10.5 Å². The van der Waals surface area contributed by atoms with Gasteiger partial charge in [0.15, 0.2) is 5.76 Å². The van der Waals surface area contributed by atoms with Gasteiger partial charge in [-0.3, -0.25) is 4.79 Å². The van der Waals surface area contributed by atoms with E-state index in [9.17, 15) is 18.3 Å². The molecular weight excluding hydrogens is 434 g/mol. The normalized spacial score (nSPS) is 16.9. The first-order valence-electron chi connectivity index (χ1n) is 9.55. The van der Waals surface area contributed by atoms with Crippen molar-refractivity contribution in [3.05, 3.63) is 94.5 Å². The van der Waals surface area contributed by atoms with Gasteiger partial charge in [-0.05, 0) is 55.1 Å². The van der Waals surface area contributed by atoms with Gasteiger partial charge in [-0.1, -0.05) is 29.8 Å². The lowest BCUT2D eigenvalue weighted by molar-refractivity contribution is -0.130. The molecule has 2 heterocycles. The number of aryl methyl sites for hydroxylation is 1. The van der Waals surface area contributed by atoms with Crippen molar-refractivity contribution >= 4 is 27.5 Å². The van der Waals surface area contributed by atoms with Crippen molar-refractivity contribution in [3.8, 4) is 0 Å². The molecule has 1 N–H and O–H groups in total. The van der Waals surface area contributed by atoms with Crippen molar-refractivity contribution in [1.82, 2.24) is 4.90 Å². The van der Waals surface area contributed by atoms with Gasteiger partial charge in [0, 0.05) is 4.90 Å². The van der Waals surface area contributed by atoms with Crippen LogP contribution in [0.1, 0.15) is 22.9 Å². The molecule has 1 aliphatic heterocycles. The topological polar surface area (TPSA) is 87.8 Å². The van der Waals surface area contributed by atoms with Gasteiger partial charge >= 0.3 is 0 Å². The van der Waals surface area contributed by atoms with Crippen molar-refractivity contribution in [2.45, 2.75) is 29.3 Å². The highest BCUT2D eigenvalue weighted by Gasteiger charge is 2.47. The maximum Gasteiger partial charge on any atom is 0.291 e. The summed E-state index contributed by atoms with van der Waals surface area (Å²) in [6.07, 6.45) is 3.42. The molecule has 0 bridgehead atoms. The van der Waals surface area contributed by atoms with Crippen molar-refractivity contribution in [2.75, 3.05) is 6.26 Å². The summed E-state index contributed by atoms with van der Waals surface area (Å²) in [4.78, 5) is 15.0. The number of aliphatic hydroxyl groups is 1. The zero-order chi connectivity index (χ0) is 22.2. The molecule has 1 amide bonds. The Morgan fingerprint density at radius 1 is 1.06 bits per heavy atom. The predicted molar refractivity (Wildman–Crippen MR) is 118 cm³/mol. The number of rotatable bonds is 6. The van der Waals surface area contributed by atoms with Crippen LogP contribution < -0.4 is 0 Å². The molecule has 160 valence electrons. The van der Waals surface area contributed by atoms with Gasteiger partial charge in [0.25, 0.3) is 5.91 Å². The Hall–Kier alpha value is -2.97. The summed E-state index contributed by atoms with van der Waals surface area (Å²) in [5.74, 6) is -1.02. The Bertz CT molecular complexity index is 1230. The average Bonchev–Trinajstić information content (AvgIpc) is 3.37. The Morgan fingerprint density at radius 2 is 1.74 bits per heavy atom. The number of thioether (sulfide) groups is 1. The van der Waals surface area contributed by atoms with Gasteiger partial charge in [-0.25, -0.2) is 8.42 Å². The van der Waals surface area contributed by atoms with Crippen LogP contribution in [0, 0.1) is 6.92 Å². The maximum atomic E-state index is 13.5. The quantitative estimate of drug-likeness (QED) is 0.545. The first-order chi connectivity index (χ1) is 14.8. The van der Waals surface area contributed by atoms with Gasteiger partial charge in [0.1, 0.15) is 10.7 Å². The number of nitrogens with zero attached hydrogens (tertiary/aromatic N) is 1. The molecule has 3 aromatic rings. The molecule has 0 saturated carbocycles. The standard InChI is InChI=1S/C23H21NO5S2/c1-15-5-11-19(12-6-15)31(27,28)22-20(16-7-9-18(30-2)10-8-16)24(23(26)21(22)25)14-17-4-3-13-29-17/h3-13,20,25H,14H2,1-2H3/t20-/m1/s1. The molecule has 0 radical (unpaired) electrons. The van der Waals surface area contributed by atoms with E-state index in [1.165, 1.54) is 23.3 Å². The van der Waals surface area contributed by atoms with Gasteiger partial charge in [0.05, 0.1) is 23.7 Å². The minimum atomic E-state index is -4.13. The molecule has 1 atom stereocenters. The molecule has 0 fully saturated rings. The molecule has 4 rings (SSSR count). The van der Waals surface area contributed by atoms with E-state index in [4.69, 9.17) is 4.42 Å². The summed E-state index contributed by atoms with van der Waals surface area (Å²) < 4.78 is 32.4. The molecule has 0 saturated heterocycles. The number of aliphatic hydroxyl groups excluding tert-OH is 1. The molecule has 1 aliphatic rings. The van der Waals surface area contributed by atoms with Gasteiger partial charge < -0.3 is 14.4 Å². The Kier molecular flexibility index (Phi) is 5.68.